The van der Waals surface area contributed by atoms with Crippen molar-refractivity contribution in [2.24, 2.45) is 5.10 Å². The van der Waals surface area contributed by atoms with Gasteiger partial charge in [-0.2, -0.15) is 5.10 Å². The van der Waals surface area contributed by atoms with Crippen LogP contribution in [0.4, 0.5) is 15.8 Å². The summed E-state index contributed by atoms with van der Waals surface area (Å²) >= 11 is 5.69. The van der Waals surface area contributed by atoms with E-state index in [9.17, 15) is 18.8 Å². The van der Waals surface area contributed by atoms with Crippen LogP contribution in [0.1, 0.15) is 5.56 Å². The Morgan fingerprint density at radius 1 is 1.00 bits per heavy atom. The van der Waals surface area contributed by atoms with Gasteiger partial charge in [0.2, 0.25) is 0 Å². The molecule has 35 heavy (non-hydrogen) atoms. The molecule has 0 fully saturated rings. The van der Waals surface area contributed by atoms with E-state index in [1.54, 1.807) is 48.5 Å². The van der Waals surface area contributed by atoms with Crippen molar-refractivity contribution in [1.82, 2.24) is 5.43 Å². The summed E-state index contributed by atoms with van der Waals surface area (Å²) in [6, 6.07) is 17.0. The van der Waals surface area contributed by atoms with E-state index >= 15 is 0 Å². The smallest absolute Gasteiger partial charge is 0.329 e. The maximum Gasteiger partial charge on any atom is 0.329 e. The third-order valence-corrected chi connectivity index (χ3v) is 4.66. The van der Waals surface area contributed by atoms with E-state index in [0.29, 0.717) is 28.4 Å². The first-order valence-electron chi connectivity index (χ1n) is 10.1. The van der Waals surface area contributed by atoms with Crippen molar-refractivity contribution in [2.45, 2.75) is 0 Å². The minimum Gasteiger partial charge on any atom is -0.495 e. The standard InChI is InChI=1S/C24H20ClFN4O5/c1-34-21-8-3-2-7-20(21)29-23(32)24(33)30-27-13-15-5-4-6-17(11-15)35-14-22(31)28-16-9-10-19(26)18(25)12-16/h2-13H,14H2,1H3,(H,28,31)(H,29,32)(H,30,33)/b27-13-. The number of halogens is 2. The minimum absolute atomic E-state index is 0.111. The summed E-state index contributed by atoms with van der Waals surface area (Å²) in [6.07, 6.45) is 1.31. The predicted molar refractivity (Wildman–Crippen MR) is 129 cm³/mol. The number of anilines is 2. The second kappa shape index (κ2) is 12.1. The first-order valence-corrected chi connectivity index (χ1v) is 10.5. The van der Waals surface area contributed by atoms with Gasteiger partial charge in [-0.3, -0.25) is 14.4 Å². The Labute approximate surface area is 204 Å². The number of nitrogens with one attached hydrogen (secondary N) is 3. The van der Waals surface area contributed by atoms with Gasteiger partial charge in [-0.05, 0) is 48.0 Å². The molecule has 0 radical (unpaired) electrons. The average molecular weight is 499 g/mol. The molecule has 3 aromatic rings. The molecule has 3 amide bonds. The largest absolute Gasteiger partial charge is 0.495 e. The molecule has 0 saturated heterocycles. The van der Waals surface area contributed by atoms with Crippen LogP contribution in [0.5, 0.6) is 11.5 Å². The zero-order chi connectivity index (χ0) is 25.2. The third-order valence-electron chi connectivity index (χ3n) is 4.37. The lowest BCUT2D eigenvalue weighted by molar-refractivity contribution is -0.136. The number of carbonyl (C=O) groups excluding carboxylic acids is 3. The van der Waals surface area contributed by atoms with Gasteiger partial charge in [-0.25, -0.2) is 9.82 Å². The molecule has 3 N–H and O–H groups in total. The number of amides is 3. The number of methoxy groups -OCH3 is 1. The first kappa shape index (κ1) is 25.2. The maximum absolute atomic E-state index is 13.2. The lowest BCUT2D eigenvalue weighted by atomic mass is 10.2. The summed E-state index contributed by atoms with van der Waals surface area (Å²) in [7, 11) is 1.45. The first-order chi connectivity index (χ1) is 16.9. The molecule has 0 aliphatic heterocycles. The second-order valence-electron chi connectivity index (χ2n) is 6.89. The lowest BCUT2D eigenvalue weighted by Crippen LogP contribution is -2.32. The van der Waals surface area contributed by atoms with Gasteiger partial charge in [-0.1, -0.05) is 35.9 Å². The molecule has 0 aliphatic carbocycles. The number of para-hydroxylation sites is 2. The van der Waals surface area contributed by atoms with Gasteiger partial charge in [0.05, 0.1) is 24.0 Å². The normalized spacial score (nSPS) is 10.5. The Balaban J connectivity index is 1.49. The molecule has 0 spiro atoms. The summed E-state index contributed by atoms with van der Waals surface area (Å²) in [5.74, 6) is -2.19. The quantitative estimate of drug-likeness (QED) is 0.249. The molecule has 0 aliphatic rings. The Hall–Kier alpha value is -4.44. The summed E-state index contributed by atoms with van der Waals surface area (Å²) in [5, 5.41) is 8.63. The van der Waals surface area contributed by atoms with Crippen LogP contribution in [-0.4, -0.2) is 37.7 Å². The number of nitrogens with zero attached hydrogens (tertiary/aromatic N) is 1. The molecule has 3 rings (SSSR count). The van der Waals surface area contributed by atoms with E-state index < -0.39 is 23.5 Å². The van der Waals surface area contributed by atoms with Crippen LogP contribution in [0, 0.1) is 5.82 Å². The number of rotatable bonds is 8. The molecule has 180 valence electrons. The van der Waals surface area contributed by atoms with Gasteiger partial charge in [0.25, 0.3) is 5.91 Å². The fourth-order valence-electron chi connectivity index (χ4n) is 2.75. The van der Waals surface area contributed by atoms with Gasteiger partial charge in [-0.15, -0.1) is 0 Å². The van der Waals surface area contributed by atoms with Crippen molar-refractivity contribution in [2.75, 3.05) is 24.4 Å². The highest BCUT2D eigenvalue weighted by Crippen LogP contribution is 2.23. The van der Waals surface area contributed by atoms with E-state index in [1.165, 1.54) is 25.5 Å². The van der Waals surface area contributed by atoms with Crippen molar-refractivity contribution >= 4 is 46.9 Å². The van der Waals surface area contributed by atoms with Crippen LogP contribution in [0.25, 0.3) is 0 Å². The van der Waals surface area contributed by atoms with E-state index in [0.717, 1.165) is 6.07 Å². The summed E-state index contributed by atoms with van der Waals surface area (Å²) in [5.41, 5.74) is 3.34. The molecule has 0 heterocycles. The summed E-state index contributed by atoms with van der Waals surface area (Å²) in [6.45, 7) is -0.310. The highest BCUT2D eigenvalue weighted by atomic mass is 35.5. The van der Waals surface area contributed by atoms with Crippen LogP contribution >= 0.6 is 11.6 Å². The van der Waals surface area contributed by atoms with E-state index in [2.05, 4.69) is 21.2 Å². The molecule has 0 aromatic heterocycles. The zero-order valence-electron chi connectivity index (χ0n) is 18.4. The van der Waals surface area contributed by atoms with Crippen molar-refractivity contribution in [1.29, 1.82) is 0 Å². The van der Waals surface area contributed by atoms with Crippen molar-refractivity contribution in [3.63, 3.8) is 0 Å². The van der Waals surface area contributed by atoms with Crippen LogP contribution in [0.3, 0.4) is 0 Å². The SMILES string of the molecule is COc1ccccc1NC(=O)C(=O)N/N=C\c1cccc(OCC(=O)Nc2ccc(F)c(Cl)c2)c1. The fraction of sp³-hybridized carbons (Fsp3) is 0.0833. The van der Waals surface area contributed by atoms with Crippen LogP contribution < -0.4 is 25.5 Å². The van der Waals surface area contributed by atoms with E-state index in [-0.39, 0.29) is 11.6 Å². The Kier molecular flexibility index (Phi) is 8.74. The number of hydrogen-bond donors (Lipinski definition) is 3. The molecule has 0 unspecified atom stereocenters. The summed E-state index contributed by atoms with van der Waals surface area (Å²) in [4.78, 5) is 36.1. The predicted octanol–water partition coefficient (Wildman–Crippen LogP) is 3.59. The number of hydrazone groups is 1. The van der Waals surface area contributed by atoms with Crippen LogP contribution in [-0.2, 0) is 14.4 Å². The molecule has 0 atom stereocenters. The highest BCUT2D eigenvalue weighted by molar-refractivity contribution is 6.39. The zero-order valence-corrected chi connectivity index (χ0v) is 19.1. The number of hydrogen-bond acceptors (Lipinski definition) is 6. The molecule has 0 bridgehead atoms. The highest BCUT2D eigenvalue weighted by Gasteiger charge is 2.15. The third kappa shape index (κ3) is 7.54. The second-order valence-corrected chi connectivity index (χ2v) is 7.30. The fourth-order valence-corrected chi connectivity index (χ4v) is 2.93. The maximum atomic E-state index is 13.2. The Morgan fingerprint density at radius 2 is 1.80 bits per heavy atom. The average Bonchev–Trinajstić information content (AvgIpc) is 2.85. The van der Waals surface area contributed by atoms with Gasteiger partial charge in [0, 0.05) is 5.69 Å². The molecule has 3 aromatic carbocycles. The Morgan fingerprint density at radius 3 is 2.57 bits per heavy atom. The number of ether oxygens (including phenoxy) is 2. The molecular weight excluding hydrogens is 479 g/mol. The number of benzene rings is 3. The van der Waals surface area contributed by atoms with Crippen LogP contribution in [0.15, 0.2) is 71.8 Å². The topological polar surface area (TPSA) is 118 Å². The van der Waals surface area contributed by atoms with Crippen molar-refractivity contribution < 1.29 is 28.2 Å². The lowest BCUT2D eigenvalue weighted by Gasteiger charge is -2.09. The van der Waals surface area contributed by atoms with Gasteiger partial charge in [0.1, 0.15) is 17.3 Å². The molecular formula is C24H20ClFN4O5. The summed E-state index contributed by atoms with van der Waals surface area (Å²) < 4.78 is 23.8. The van der Waals surface area contributed by atoms with Gasteiger partial charge >= 0.3 is 11.8 Å². The van der Waals surface area contributed by atoms with E-state index in [1.807, 2.05) is 0 Å². The van der Waals surface area contributed by atoms with Gasteiger partial charge in [0.15, 0.2) is 6.61 Å². The van der Waals surface area contributed by atoms with Gasteiger partial charge < -0.3 is 20.1 Å². The minimum atomic E-state index is -0.975. The van der Waals surface area contributed by atoms with Crippen molar-refractivity contribution in [3.05, 3.63) is 83.1 Å². The van der Waals surface area contributed by atoms with E-state index in [4.69, 9.17) is 21.1 Å². The Bertz CT molecular complexity index is 1270. The molecule has 11 heteroatoms. The van der Waals surface area contributed by atoms with Crippen LogP contribution in [0.2, 0.25) is 5.02 Å². The monoisotopic (exact) mass is 498 g/mol. The van der Waals surface area contributed by atoms with Crippen molar-refractivity contribution in [3.8, 4) is 11.5 Å². The molecule has 9 nitrogen and oxygen atoms in total. The molecule has 0 saturated carbocycles. The number of carbonyl (C=O) groups is 3.